The molecule has 9 nitrogen and oxygen atoms in total. The van der Waals surface area contributed by atoms with Crippen LogP contribution in [-0.4, -0.2) is 51.2 Å². The first-order chi connectivity index (χ1) is 15.9. The number of halogens is 2. The van der Waals surface area contributed by atoms with Gasteiger partial charge in [-0.25, -0.2) is 8.91 Å². The van der Waals surface area contributed by atoms with Gasteiger partial charge in [0.15, 0.2) is 18.9 Å². The minimum atomic E-state index is -0.606. The van der Waals surface area contributed by atoms with Crippen molar-refractivity contribution in [3.05, 3.63) is 53.6 Å². The van der Waals surface area contributed by atoms with Gasteiger partial charge in [0.25, 0.3) is 11.8 Å². The summed E-state index contributed by atoms with van der Waals surface area (Å²) >= 11 is 5.64. The first-order valence-corrected chi connectivity index (χ1v) is 10.9. The molecular weight excluding hydrogens is 453 g/mol. The van der Waals surface area contributed by atoms with E-state index in [0.717, 1.165) is 18.9 Å². The van der Waals surface area contributed by atoms with E-state index in [1.54, 1.807) is 29.0 Å². The molecule has 3 aromatic rings. The van der Waals surface area contributed by atoms with Crippen LogP contribution in [0.25, 0.3) is 5.65 Å². The third kappa shape index (κ3) is 4.30. The maximum absolute atomic E-state index is 13.5. The summed E-state index contributed by atoms with van der Waals surface area (Å²) in [6.45, 7) is -0.375. The summed E-state index contributed by atoms with van der Waals surface area (Å²) in [6, 6.07) is 7.36. The smallest absolute Gasteiger partial charge is 0.258 e. The number of hydrogen-bond donors (Lipinski definition) is 2. The van der Waals surface area contributed by atoms with Crippen LogP contribution in [0.1, 0.15) is 19.3 Å². The molecule has 2 heterocycles. The normalized spacial score (nSPS) is 23.1. The van der Waals surface area contributed by atoms with Gasteiger partial charge in [-0.3, -0.25) is 9.59 Å². The molecule has 0 aliphatic heterocycles. The van der Waals surface area contributed by atoms with E-state index in [-0.39, 0.29) is 53.3 Å². The number of nitrogens with zero attached hydrogens (tertiary/aromatic N) is 3. The van der Waals surface area contributed by atoms with Crippen LogP contribution < -0.4 is 20.1 Å². The van der Waals surface area contributed by atoms with Gasteiger partial charge < -0.3 is 20.1 Å². The number of rotatable bonds is 8. The minimum absolute atomic E-state index is 0.00862. The van der Waals surface area contributed by atoms with Crippen LogP contribution in [0, 0.1) is 11.7 Å². The SMILES string of the molecule is O=C(COc1ccc(Cl)c(F)c1)NC1CC2(NC(=O)COc3ccn4nccc4n3)CCC12. The highest BCUT2D eigenvalue weighted by Gasteiger charge is 2.61. The van der Waals surface area contributed by atoms with Crippen molar-refractivity contribution in [2.75, 3.05) is 13.2 Å². The number of ether oxygens (including phenoxy) is 2. The molecule has 5 rings (SSSR count). The van der Waals surface area contributed by atoms with Crippen LogP contribution in [0.15, 0.2) is 42.7 Å². The summed E-state index contributed by atoms with van der Waals surface area (Å²) in [6.07, 6.45) is 5.75. The Bertz CT molecular complexity index is 1220. The van der Waals surface area contributed by atoms with Crippen molar-refractivity contribution in [2.24, 2.45) is 5.92 Å². The Morgan fingerprint density at radius 3 is 2.82 bits per heavy atom. The highest BCUT2D eigenvalue weighted by Crippen LogP contribution is 2.53. The Hall–Kier alpha value is -3.40. The van der Waals surface area contributed by atoms with Crippen LogP contribution in [0.3, 0.4) is 0 Å². The van der Waals surface area contributed by atoms with Gasteiger partial charge in [-0.1, -0.05) is 11.6 Å². The highest BCUT2D eigenvalue weighted by atomic mass is 35.5. The molecule has 3 unspecified atom stereocenters. The van der Waals surface area contributed by atoms with E-state index in [9.17, 15) is 14.0 Å². The molecule has 2 aliphatic rings. The van der Waals surface area contributed by atoms with E-state index in [1.807, 2.05) is 0 Å². The minimum Gasteiger partial charge on any atom is -0.484 e. The molecule has 2 aromatic heterocycles. The third-order valence-corrected chi connectivity index (χ3v) is 6.57. The van der Waals surface area contributed by atoms with Gasteiger partial charge in [-0.15, -0.1) is 0 Å². The molecule has 1 aromatic carbocycles. The van der Waals surface area contributed by atoms with E-state index in [4.69, 9.17) is 21.1 Å². The Morgan fingerprint density at radius 2 is 2.06 bits per heavy atom. The summed E-state index contributed by atoms with van der Waals surface area (Å²) in [5.74, 6) is -0.391. The summed E-state index contributed by atoms with van der Waals surface area (Å²) in [5, 5.41) is 10.0. The molecule has 3 atom stereocenters. The second-order valence-corrected chi connectivity index (χ2v) is 8.69. The molecule has 2 N–H and O–H groups in total. The first-order valence-electron chi connectivity index (χ1n) is 10.5. The second kappa shape index (κ2) is 8.51. The molecule has 2 saturated carbocycles. The molecule has 0 saturated heterocycles. The van der Waals surface area contributed by atoms with Gasteiger partial charge in [-0.05, 0) is 31.4 Å². The average Bonchev–Trinajstić information content (AvgIpc) is 3.25. The molecular formula is C22H21ClFN5O4. The lowest BCUT2D eigenvalue weighted by Crippen LogP contribution is -2.76. The average molecular weight is 474 g/mol. The monoisotopic (exact) mass is 473 g/mol. The number of carbonyl (C=O) groups excluding carboxylic acids is 2. The van der Waals surface area contributed by atoms with E-state index in [0.29, 0.717) is 17.9 Å². The Balaban J connectivity index is 1.07. The maximum Gasteiger partial charge on any atom is 0.258 e. The van der Waals surface area contributed by atoms with Crippen molar-refractivity contribution in [1.82, 2.24) is 25.2 Å². The van der Waals surface area contributed by atoms with Gasteiger partial charge in [0.05, 0.1) is 11.2 Å². The predicted octanol–water partition coefficient (Wildman–Crippen LogP) is 2.13. The topological polar surface area (TPSA) is 107 Å². The summed E-state index contributed by atoms with van der Waals surface area (Å²) < 4.78 is 25.9. The zero-order valence-corrected chi connectivity index (χ0v) is 18.2. The van der Waals surface area contributed by atoms with Crippen LogP contribution in [0.2, 0.25) is 5.02 Å². The fraction of sp³-hybridized carbons (Fsp3) is 0.364. The number of nitrogens with one attached hydrogen (secondary N) is 2. The number of fused-ring (bicyclic) bond motifs is 2. The molecule has 33 heavy (non-hydrogen) atoms. The zero-order valence-electron chi connectivity index (χ0n) is 17.5. The van der Waals surface area contributed by atoms with Crippen LogP contribution >= 0.6 is 11.6 Å². The largest absolute Gasteiger partial charge is 0.484 e. The van der Waals surface area contributed by atoms with Crippen LogP contribution in [0.5, 0.6) is 11.6 Å². The van der Waals surface area contributed by atoms with Crippen molar-refractivity contribution in [1.29, 1.82) is 0 Å². The second-order valence-electron chi connectivity index (χ2n) is 8.28. The Morgan fingerprint density at radius 1 is 1.21 bits per heavy atom. The van der Waals surface area contributed by atoms with E-state index >= 15 is 0 Å². The lowest BCUT2D eigenvalue weighted by Gasteiger charge is -2.63. The number of benzene rings is 1. The van der Waals surface area contributed by atoms with Gasteiger partial charge in [0.1, 0.15) is 11.6 Å². The predicted molar refractivity (Wildman–Crippen MR) is 116 cm³/mol. The van der Waals surface area contributed by atoms with Gasteiger partial charge in [0.2, 0.25) is 5.88 Å². The maximum atomic E-state index is 13.5. The molecule has 172 valence electrons. The third-order valence-electron chi connectivity index (χ3n) is 6.26. The number of carbonyl (C=O) groups is 2. The summed E-state index contributed by atoms with van der Waals surface area (Å²) in [5.41, 5.74) is 0.329. The fourth-order valence-electron chi connectivity index (χ4n) is 4.52. The quantitative estimate of drug-likeness (QED) is 0.519. The fourth-order valence-corrected chi connectivity index (χ4v) is 4.64. The van der Waals surface area contributed by atoms with Crippen molar-refractivity contribution in [3.63, 3.8) is 0 Å². The van der Waals surface area contributed by atoms with Crippen molar-refractivity contribution < 1.29 is 23.5 Å². The Labute approximate surface area is 193 Å². The molecule has 0 bridgehead atoms. The number of hydrogen-bond acceptors (Lipinski definition) is 6. The molecule has 0 radical (unpaired) electrons. The number of amides is 2. The lowest BCUT2D eigenvalue weighted by atomic mass is 9.50. The van der Waals surface area contributed by atoms with Crippen molar-refractivity contribution >= 4 is 29.1 Å². The van der Waals surface area contributed by atoms with E-state index < -0.39 is 5.82 Å². The van der Waals surface area contributed by atoms with Gasteiger partial charge in [-0.2, -0.15) is 10.1 Å². The summed E-state index contributed by atoms with van der Waals surface area (Å²) in [4.78, 5) is 28.9. The zero-order chi connectivity index (χ0) is 23.0. The molecule has 2 fully saturated rings. The van der Waals surface area contributed by atoms with Crippen molar-refractivity contribution in [2.45, 2.75) is 30.8 Å². The first kappa shape index (κ1) is 21.4. The Kier molecular flexibility index (Phi) is 5.53. The number of aromatic nitrogens is 3. The molecule has 2 amide bonds. The summed E-state index contributed by atoms with van der Waals surface area (Å²) in [7, 11) is 0. The van der Waals surface area contributed by atoms with E-state index in [2.05, 4.69) is 20.7 Å². The molecule has 0 spiro atoms. The standard InChI is InChI=1S/C22H21ClFN5O4/c23-15-2-1-13(9-16(15)24)32-11-19(30)26-17-10-22(6-3-14(17)22)28-20(31)12-33-21-5-8-29-18(27-21)4-7-25-29/h1-2,4-5,7-9,14,17H,3,6,10-12H2,(H,26,30)(H,28,31). The van der Waals surface area contributed by atoms with Gasteiger partial charge >= 0.3 is 0 Å². The van der Waals surface area contributed by atoms with Gasteiger partial charge in [0, 0.05) is 41.9 Å². The molecule has 11 heteroatoms. The highest BCUT2D eigenvalue weighted by molar-refractivity contribution is 6.30. The van der Waals surface area contributed by atoms with E-state index in [1.165, 1.54) is 12.1 Å². The van der Waals surface area contributed by atoms with Crippen LogP contribution in [0.4, 0.5) is 4.39 Å². The molecule has 2 aliphatic carbocycles. The van der Waals surface area contributed by atoms with Crippen molar-refractivity contribution in [3.8, 4) is 11.6 Å². The lowest BCUT2D eigenvalue weighted by molar-refractivity contribution is -0.138. The van der Waals surface area contributed by atoms with Crippen LogP contribution in [-0.2, 0) is 9.59 Å².